The highest BCUT2D eigenvalue weighted by Gasteiger charge is 2.15. The van der Waals surface area contributed by atoms with Gasteiger partial charge in [0.2, 0.25) is 0 Å². The Balaban J connectivity index is 2.14. The van der Waals surface area contributed by atoms with E-state index in [0.717, 1.165) is 46.6 Å². The normalized spacial score (nSPS) is 10.9. The summed E-state index contributed by atoms with van der Waals surface area (Å²) in [4.78, 5) is 0. The number of benzene rings is 2. The second-order valence-electron chi connectivity index (χ2n) is 5.17. The fraction of sp³-hybridized carbons (Fsp3) is 0.278. The third-order valence-corrected chi connectivity index (χ3v) is 3.77. The molecule has 0 aliphatic rings. The van der Waals surface area contributed by atoms with Crippen LogP contribution in [0, 0.1) is 0 Å². The molecule has 0 N–H and O–H groups in total. The predicted molar refractivity (Wildman–Crippen MR) is 86.5 cm³/mol. The molecule has 0 amide bonds. The maximum absolute atomic E-state index is 5.47. The van der Waals surface area contributed by atoms with E-state index in [0.29, 0.717) is 0 Å². The topological polar surface area (TPSA) is 44.5 Å². The Kier molecular flexibility index (Phi) is 4.00. The maximum atomic E-state index is 5.47. The first-order valence-corrected chi connectivity index (χ1v) is 7.37. The number of hydrogen-bond donors (Lipinski definition) is 0. The minimum atomic E-state index is 0.729. The minimum absolute atomic E-state index is 0.729. The van der Waals surface area contributed by atoms with Gasteiger partial charge < -0.3 is 14.0 Å². The lowest BCUT2D eigenvalue weighted by atomic mass is 9.98. The summed E-state index contributed by atoms with van der Waals surface area (Å²) in [5, 5.41) is 5.26. The van der Waals surface area contributed by atoms with Gasteiger partial charge in [-0.15, -0.1) is 0 Å². The van der Waals surface area contributed by atoms with E-state index < -0.39 is 0 Å². The Hall–Kier alpha value is -2.49. The van der Waals surface area contributed by atoms with Crippen molar-refractivity contribution in [2.75, 3.05) is 14.2 Å². The van der Waals surface area contributed by atoms with Gasteiger partial charge in [-0.2, -0.15) is 0 Å². The molecule has 0 bridgehead atoms. The van der Waals surface area contributed by atoms with Gasteiger partial charge in [0.05, 0.1) is 14.2 Å². The van der Waals surface area contributed by atoms with Crippen molar-refractivity contribution in [3.05, 3.63) is 42.0 Å². The number of aromatic nitrogens is 1. The molecule has 0 saturated carbocycles. The minimum Gasteiger partial charge on any atom is -0.497 e. The molecule has 3 rings (SSSR count). The van der Waals surface area contributed by atoms with Crippen LogP contribution in [0.1, 0.15) is 18.9 Å². The van der Waals surface area contributed by atoms with E-state index in [1.165, 1.54) is 5.56 Å². The van der Waals surface area contributed by atoms with E-state index in [2.05, 4.69) is 18.1 Å². The van der Waals surface area contributed by atoms with Gasteiger partial charge in [-0.3, -0.25) is 0 Å². The smallest absolute Gasteiger partial charge is 0.171 e. The fourth-order valence-corrected chi connectivity index (χ4v) is 2.64. The van der Waals surface area contributed by atoms with E-state index in [-0.39, 0.29) is 0 Å². The molecule has 1 heterocycles. The van der Waals surface area contributed by atoms with Gasteiger partial charge >= 0.3 is 0 Å². The van der Waals surface area contributed by atoms with Crippen molar-refractivity contribution >= 4 is 11.0 Å². The monoisotopic (exact) mass is 297 g/mol. The molecule has 0 unspecified atom stereocenters. The molecule has 4 nitrogen and oxygen atoms in total. The zero-order valence-corrected chi connectivity index (χ0v) is 13.1. The van der Waals surface area contributed by atoms with Crippen LogP contribution in [0.2, 0.25) is 0 Å². The molecule has 0 spiro atoms. The summed E-state index contributed by atoms with van der Waals surface area (Å²) in [6.45, 7) is 2.16. The van der Waals surface area contributed by atoms with Crippen LogP contribution in [0.3, 0.4) is 0 Å². The second kappa shape index (κ2) is 6.10. The number of methoxy groups -OCH3 is 2. The average molecular weight is 297 g/mol. The molecule has 1 aromatic heterocycles. The van der Waals surface area contributed by atoms with Gasteiger partial charge in [-0.1, -0.05) is 18.5 Å². The quantitative estimate of drug-likeness (QED) is 0.697. The Labute approximate surface area is 129 Å². The Morgan fingerprint density at radius 2 is 1.73 bits per heavy atom. The van der Waals surface area contributed by atoms with Crippen LogP contribution in [0.4, 0.5) is 0 Å². The molecular formula is C18H19NO3. The highest BCUT2D eigenvalue weighted by Crippen LogP contribution is 2.34. The summed E-state index contributed by atoms with van der Waals surface area (Å²) in [6.07, 6.45) is 2.03. The number of aryl methyl sites for hydroxylation is 1. The third kappa shape index (κ3) is 2.52. The van der Waals surface area contributed by atoms with E-state index >= 15 is 0 Å². The first-order valence-electron chi connectivity index (χ1n) is 7.37. The van der Waals surface area contributed by atoms with Crippen LogP contribution in [0.15, 0.2) is 40.9 Å². The van der Waals surface area contributed by atoms with E-state index in [9.17, 15) is 0 Å². The van der Waals surface area contributed by atoms with Gasteiger partial charge in [0.1, 0.15) is 17.2 Å². The number of ether oxygens (including phenoxy) is 2. The van der Waals surface area contributed by atoms with Crippen LogP contribution in [0.25, 0.3) is 22.2 Å². The first kappa shape index (κ1) is 14.4. The molecule has 22 heavy (non-hydrogen) atoms. The summed E-state index contributed by atoms with van der Waals surface area (Å²) in [7, 11) is 3.32. The third-order valence-electron chi connectivity index (χ3n) is 3.77. The molecule has 3 aromatic rings. The molecule has 0 atom stereocenters. The van der Waals surface area contributed by atoms with Crippen molar-refractivity contribution < 1.29 is 14.0 Å². The molecule has 4 heteroatoms. The van der Waals surface area contributed by atoms with Crippen molar-refractivity contribution in [3.63, 3.8) is 0 Å². The highest BCUT2D eigenvalue weighted by molar-refractivity contribution is 5.93. The summed E-state index contributed by atoms with van der Waals surface area (Å²) in [5.41, 5.74) is 3.90. The summed E-state index contributed by atoms with van der Waals surface area (Å²) in [6, 6.07) is 11.8. The van der Waals surface area contributed by atoms with E-state index in [1.54, 1.807) is 14.2 Å². The van der Waals surface area contributed by atoms with Crippen LogP contribution in [-0.2, 0) is 6.42 Å². The molecule has 0 fully saturated rings. The number of rotatable bonds is 5. The molecule has 2 aromatic carbocycles. The zero-order valence-electron chi connectivity index (χ0n) is 13.1. The SMILES string of the molecule is CCCc1cc(OC)ccc1-c1noc2cc(OC)ccc12. The molecule has 0 aliphatic heterocycles. The maximum Gasteiger partial charge on any atom is 0.171 e. The predicted octanol–water partition coefficient (Wildman–Crippen LogP) is 4.46. The number of nitrogens with zero attached hydrogens (tertiary/aromatic N) is 1. The zero-order chi connectivity index (χ0) is 15.5. The van der Waals surface area contributed by atoms with E-state index in [1.807, 2.05) is 30.3 Å². The van der Waals surface area contributed by atoms with Crippen LogP contribution >= 0.6 is 0 Å². The van der Waals surface area contributed by atoms with Gasteiger partial charge in [0.25, 0.3) is 0 Å². The molecule has 114 valence electrons. The lowest BCUT2D eigenvalue weighted by Gasteiger charge is -2.09. The molecule has 0 radical (unpaired) electrons. The van der Waals surface area contributed by atoms with Gasteiger partial charge in [0.15, 0.2) is 5.58 Å². The van der Waals surface area contributed by atoms with Gasteiger partial charge in [-0.05, 0) is 42.3 Å². The van der Waals surface area contributed by atoms with Crippen molar-refractivity contribution in [1.82, 2.24) is 5.16 Å². The molecule has 0 aliphatic carbocycles. The van der Waals surface area contributed by atoms with Crippen molar-refractivity contribution in [1.29, 1.82) is 0 Å². The summed E-state index contributed by atoms with van der Waals surface area (Å²) >= 11 is 0. The van der Waals surface area contributed by atoms with E-state index in [4.69, 9.17) is 14.0 Å². The van der Waals surface area contributed by atoms with Crippen LogP contribution in [-0.4, -0.2) is 19.4 Å². The fourth-order valence-electron chi connectivity index (χ4n) is 2.64. The molecular weight excluding hydrogens is 278 g/mol. The lowest BCUT2D eigenvalue weighted by molar-refractivity contribution is 0.412. The Morgan fingerprint density at radius 1 is 1.00 bits per heavy atom. The summed E-state index contributed by atoms with van der Waals surface area (Å²) < 4.78 is 16.0. The van der Waals surface area contributed by atoms with Gasteiger partial charge in [0, 0.05) is 17.0 Å². The van der Waals surface area contributed by atoms with Gasteiger partial charge in [-0.25, -0.2) is 0 Å². The highest BCUT2D eigenvalue weighted by atomic mass is 16.5. The van der Waals surface area contributed by atoms with Crippen molar-refractivity contribution in [2.45, 2.75) is 19.8 Å². The summed E-state index contributed by atoms with van der Waals surface area (Å²) in [5.74, 6) is 1.63. The molecule has 0 saturated heterocycles. The lowest BCUT2D eigenvalue weighted by Crippen LogP contribution is -1.92. The average Bonchev–Trinajstić information content (AvgIpc) is 2.97. The Bertz CT molecular complexity index is 792. The largest absolute Gasteiger partial charge is 0.497 e. The second-order valence-corrected chi connectivity index (χ2v) is 5.17. The standard InChI is InChI=1S/C18H19NO3/c1-4-5-12-10-13(20-2)6-8-15(12)18-16-9-7-14(21-3)11-17(16)22-19-18/h6-11H,4-5H2,1-3H3. The van der Waals surface area contributed by atoms with Crippen LogP contribution in [0.5, 0.6) is 11.5 Å². The number of hydrogen-bond acceptors (Lipinski definition) is 4. The number of fused-ring (bicyclic) bond motifs is 1. The first-order chi connectivity index (χ1) is 10.8. The van der Waals surface area contributed by atoms with Crippen molar-refractivity contribution in [3.8, 4) is 22.8 Å². The van der Waals surface area contributed by atoms with Crippen LogP contribution < -0.4 is 9.47 Å². The Morgan fingerprint density at radius 3 is 2.45 bits per heavy atom. The van der Waals surface area contributed by atoms with Crippen molar-refractivity contribution in [2.24, 2.45) is 0 Å².